The van der Waals surface area contributed by atoms with Crippen LogP contribution in [-0.4, -0.2) is 23.0 Å². The summed E-state index contributed by atoms with van der Waals surface area (Å²) in [5.74, 6) is 0.639. The van der Waals surface area contributed by atoms with Crippen LogP contribution in [0.4, 0.5) is 5.69 Å². The Morgan fingerprint density at radius 1 is 1.35 bits per heavy atom. The van der Waals surface area contributed by atoms with Gasteiger partial charge in [0.2, 0.25) is 0 Å². The van der Waals surface area contributed by atoms with E-state index in [1.165, 1.54) is 0 Å². The molecule has 20 heavy (non-hydrogen) atoms. The predicted octanol–water partition coefficient (Wildman–Crippen LogP) is 2.45. The van der Waals surface area contributed by atoms with Gasteiger partial charge in [0, 0.05) is 18.3 Å². The van der Waals surface area contributed by atoms with Gasteiger partial charge in [0.25, 0.3) is 5.91 Å². The Bertz CT molecular complexity index is 607. The lowest BCUT2D eigenvalue weighted by Gasteiger charge is -2.19. The minimum absolute atomic E-state index is 0.0967. The van der Waals surface area contributed by atoms with Gasteiger partial charge >= 0.3 is 0 Å². The first kappa shape index (κ1) is 14.1. The van der Waals surface area contributed by atoms with E-state index in [0.717, 1.165) is 22.6 Å². The van der Waals surface area contributed by atoms with Crippen molar-refractivity contribution in [2.75, 3.05) is 12.8 Å². The topological polar surface area (TPSA) is 72.4 Å². The van der Waals surface area contributed by atoms with E-state index in [4.69, 9.17) is 10.3 Å². The van der Waals surface area contributed by atoms with Crippen LogP contribution in [0.3, 0.4) is 0 Å². The molecule has 1 amide bonds. The average Bonchev–Trinajstić information content (AvgIpc) is 2.70. The first-order valence-electron chi connectivity index (χ1n) is 6.44. The Morgan fingerprint density at radius 3 is 2.60 bits per heavy atom. The second-order valence-corrected chi connectivity index (χ2v) is 5.00. The standard InChI is InChI=1S/C15H19N3O2/c1-9-6-5-7-13(16)14(9)15(19)18(4)8-12-10(2)17-20-11(12)3/h5-7H,8,16H2,1-4H3. The normalized spacial score (nSPS) is 10.6. The van der Waals surface area contributed by atoms with Crippen LogP contribution in [0.25, 0.3) is 0 Å². The summed E-state index contributed by atoms with van der Waals surface area (Å²) in [4.78, 5) is 14.2. The molecule has 5 nitrogen and oxygen atoms in total. The van der Waals surface area contributed by atoms with Gasteiger partial charge in [-0.25, -0.2) is 0 Å². The number of benzene rings is 1. The lowest BCUT2D eigenvalue weighted by molar-refractivity contribution is 0.0785. The molecule has 2 N–H and O–H groups in total. The van der Waals surface area contributed by atoms with Gasteiger partial charge in [-0.1, -0.05) is 17.3 Å². The molecule has 1 aromatic heterocycles. The molecule has 0 fully saturated rings. The van der Waals surface area contributed by atoms with E-state index in [2.05, 4.69) is 5.16 Å². The number of nitrogens with two attached hydrogens (primary N) is 1. The molecule has 0 radical (unpaired) electrons. The molecule has 0 aliphatic carbocycles. The van der Waals surface area contributed by atoms with Crippen LogP contribution < -0.4 is 5.73 Å². The minimum atomic E-state index is -0.0967. The van der Waals surface area contributed by atoms with Gasteiger partial charge in [-0.15, -0.1) is 0 Å². The first-order chi connectivity index (χ1) is 9.41. The number of nitrogen functional groups attached to an aromatic ring is 1. The van der Waals surface area contributed by atoms with Crippen molar-refractivity contribution in [1.82, 2.24) is 10.1 Å². The highest BCUT2D eigenvalue weighted by Crippen LogP contribution is 2.20. The molecule has 2 aromatic rings. The average molecular weight is 273 g/mol. The maximum atomic E-state index is 12.5. The van der Waals surface area contributed by atoms with Gasteiger partial charge in [-0.2, -0.15) is 0 Å². The number of aryl methyl sites for hydroxylation is 3. The van der Waals surface area contributed by atoms with Crippen molar-refractivity contribution in [2.24, 2.45) is 0 Å². The molecule has 0 bridgehead atoms. The van der Waals surface area contributed by atoms with Gasteiger partial charge in [0.1, 0.15) is 5.76 Å². The van der Waals surface area contributed by atoms with Gasteiger partial charge < -0.3 is 15.2 Å². The monoisotopic (exact) mass is 273 g/mol. The molecular formula is C15H19N3O2. The lowest BCUT2D eigenvalue weighted by atomic mass is 10.1. The number of rotatable bonds is 3. The summed E-state index contributed by atoms with van der Waals surface area (Å²) in [7, 11) is 1.75. The first-order valence-corrected chi connectivity index (χ1v) is 6.44. The van der Waals surface area contributed by atoms with Crippen LogP contribution in [0.5, 0.6) is 0 Å². The van der Waals surface area contributed by atoms with Crippen molar-refractivity contribution in [2.45, 2.75) is 27.3 Å². The summed E-state index contributed by atoms with van der Waals surface area (Å²) in [5, 5.41) is 3.90. The summed E-state index contributed by atoms with van der Waals surface area (Å²) < 4.78 is 5.12. The zero-order chi connectivity index (χ0) is 14.9. The fourth-order valence-electron chi connectivity index (χ4n) is 2.21. The molecule has 1 aromatic carbocycles. The molecule has 0 atom stereocenters. The Hall–Kier alpha value is -2.30. The molecule has 106 valence electrons. The Labute approximate surface area is 118 Å². The molecule has 0 aliphatic rings. The van der Waals surface area contributed by atoms with Gasteiger partial charge in [0.15, 0.2) is 0 Å². The number of nitrogens with zero attached hydrogens (tertiary/aromatic N) is 2. The van der Waals surface area contributed by atoms with Crippen molar-refractivity contribution in [3.63, 3.8) is 0 Å². The smallest absolute Gasteiger partial charge is 0.256 e. The summed E-state index contributed by atoms with van der Waals surface area (Å²) in [6.07, 6.45) is 0. The van der Waals surface area contributed by atoms with E-state index in [1.54, 1.807) is 18.0 Å². The number of anilines is 1. The Balaban J connectivity index is 2.26. The van der Waals surface area contributed by atoms with E-state index in [9.17, 15) is 4.79 Å². The van der Waals surface area contributed by atoms with Crippen molar-refractivity contribution in [3.8, 4) is 0 Å². The molecule has 0 saturated carbocycles. The third-order valence-electron chi connectivity index (χ3n) is 3.44. The quantitative estimate of drug-likeness (QED) is 0.872. The van der Waals surface area contributed by atoms with E-state index in [0.29, 0.717) is 17.8 Å². The number of aromatic nitrogens is 1. The van der Waals surface area contributed by atoms with Crippen LogP contribution in [0.1, 0.15) is 32.9 Å². The molecule has 2 rings (SSSR count). The molecule has 0 saturated heterocycles. The fraction of sp³-hybridized carbons (Fsp3) is 0.333. The van der Waals surface area contributed by atoms with Crippen LogP contribution in [0.15, 0.2) is 22.7 Å². The zero-order valence-corrected chi connectivity index (χ0v) is 12.2. The number of hydrogen-bond acceptors (Lipinski definition) is 4. The van der Waals surface area contributed by atoms with E-state index < -0.39 is 0 Å². The summed E-state index contributed by atoms with van der Waals surface area (Å²) >= 11 is 0. The fourth-order valence-corrected chi connectivity index (χ4v) is 2.21. The molecule has 5 heteroatoms. The van der Waals surface area contributed by atoms with Crippen LogP contribution in [0, 0.1) is 20.8 Å². The Morgan fingerprint density at radius 2 is 2.05 bits per heavy atom. The largest absolute Gasteiger partial charge is 0.398 e. The van der Waals surface area contributed by atoms with E-state index in [1.807, 2.05) is 32.9 Å². The van der Waals surface area contributed by atoms with Crippen LogP contribution in [-0.2, 0) is 6.54 Å². The summed E-state index contributed by atoms with van der Waals surface area (Å²) in [6.45, 7) is 6.04. The zero-order valence-electron chi connectivity index (χ0n) is 12.2. The third kappa shape index (κ3) is 2.52. The van der Waals surface area contributed by atoms with E-state index >= 15 is 0 Å². The van der Waals surface area contributed by atoms with E-state index in [-0.39, 0.29) is 5.91 Å². The van der Waals surface area contributed by atoms with Crippen LogP contribution in [0.2, 0.25) is 0 Å². The lowest BCUT2D eigenvalue weighted by Crippen LogP contribution is -2.28. The van der Waals surface area contributed by atoms with Gasteiger partial charge in [0.05, 0.1) is 17.8 Å². The second kappa shape index (κ2) is 5.36. The number of carbonyl (C=O) groups excluding carboxylic acids is 1. The Kier molecular flexibility index (Phi) is 3.79. The third-order valence-corrected chi connectivity index (χ3v) is 3.44. The van der Waals surface area contributed by atoms with Crippen molar-refractivity contribution >= 4 is 11.6 Å². The molecule has 0 spiro atoms. The highest BCUT2D eigenvalue weighted by Gasteiger charge is 2.19. The number of hydrogen-bond donors (Lipinski definition) is 1. The van der Waals surface area contributed by atoms with Crippen molar-refractivity contribution in [3.05, 3.63) is 46.3 Å². The molecule has 1 heterocycles. The second-order valence-electron chi connectivity index (χ2n) is 5.00. The van der Waals surface area contributed by atoms with Crippen LogP contribution >= 0.6 is 0 Å². The summed E-state index contributed by atoms with van der Waals surface area (Å²) in [6, 6.07) is 5.47. The highest BCUT2D eigenvalue weighted by molar-refractivity contribution is 6.00. The summed E-state index contributed by atoms with van der Waals surface area (Å²) in [5.41, 5.74) is 9.59. The number of amides is 1. The highest BCUT2D eigenvalue weighted by atomic mass is 16.5. The molecule has 0 unspecified atom stereocenters. The van der Waals surface area contributed by atoms with Crippen molar-refractivity contribution < 1.29 is 9.32 Å². The van der Waals surface area contributed by atoms with Gasteiger partial charge in [-0.05, 0) is 32.4 Å². The predicted molar refractivity (Wildman–Crippen MR) is 77.4 cm³/mol. The maximum Gasteiger partial charge on any atom is 0.256 e. The van der Waals surface area contributed by atoms with Gasteiger partial charge in [-0.3, -0.25) is 4.79 Å². The minimum Gasteiger partial charge on any atom is -0.398 e. The SMILES string of the molecule is Cc1cccc(N)c1C(=O)N(C)Cc1c(C)noc1C. The molecular weight excluding hydrogens is 254 g/mol. The number of carbonyl (C=O) groups is 1. The maximum absolute atomic E-state index is 12.5. The molecule has 0 aliphatic heterocycles. The van der Waals surface area contributed by atoms with Crippen molar-refractivity contribution in [1.29, 1.82) is 0 Å².